The van der Waals surface area contributed by atoms with Crippen LogP contribution in [0, 0.1) is 0 Å². The second-order valence-corrected chi connectivity index (χ2v) is 7.32. The molecule has 8 heteroatoms. The predicted octanol–water partition coefficient (Wildman–Crippen LogP) is 4.05. The molecule has 0 saturated heterocycles. The highest BCUT2D eigenvalue weighted by Gasteiger charge is 2.53. The maximum Gasteiger partial charge on any atom is 0.498 e. The first-order valence-electron chi connectivity index (χ1n) is 6.43. The van der Waals surface area contributed by atoms with Gasteiger partial charge >= 0.3 is 5.51 Å². The smallest absolute Gasteiger partial charge is 0.387 e. The van der Waals surface area contributed by atoms with Gasteiger partial charge in [0.05, 0.1) is 0 Å². The summed E-state index contributed by atoms with van der Waals surface area (Å²) >= 11 is 5.70. The summed E-state index contributed by atoms with van der Waals surface area (Å²) in [6.45, 7) is 0. The summed E-state index contributed by atoms with van der Waals surface area (Å²) in [7, 11) is -5.63. The van der Waals surface area contributed by atoms with Crippen LogP contribution in [0.25, 0.3) is 0 Å². The molecule has 3 nitrogen and oxygen atoms in total. The molecular weight excluding hydrogens is 353 g/mol. The van der Waals surface area contributed by atoms with Crippen LogP contribution in [0.1, 0.15) is 22.5 Å². The van der Waals surface area contributed by atoms with Gasteiger partial charge in [-0.15, -0.1) is 0 Å². The standard InChI is InChI=1S/C15H12ClF3O3S/c16-12-8-6-10(7-9-12)13(20)14(11-4-2-1-3-5-11)23(21,22)15(17,18)19/h1-9,13-14,20H. The zero-order valence-corrected chi connectivity index (χ0v) is 13.1. The van der Waals surface area contributed by atoms with Crippen LogP contribution in [0.2, 0.25) is 5.02 Å². The Kier molecular flexibility index (Phi) is 5.03. The summed E-state index contributed by atoms with van der Waals surface area (Å²) in [5, 5.41) is 8.45. The third-order valence-corrected chi connectivity index (χ3v) is 5.38. The van der Waals surface area contributed by atoms with Crippen LogP contribution in [-0.4, -0.2) is 19.0 Å². The molecule has 0 aliphatic carbocycles. The van der Waals surface area contributed by atoms with E-state index in [9.17, 15) is 26.7 Å². The molecule has 0 heterocycles. The van der Waals surface area contributed by atoms with Gasteiger partial charge in [0.15, 0.2) is 0 Å². The Morgan fingerprint density at radius 2 is 1.43 bits per heavy atom. The first-order chi connectivity index (χ1) is 10.6. The van der Waals surface area contributed by atoms with Gasteiger partial charge in [0.2, 0.25) is 0 Å². The average Bonchev–Trinajstić information content (AvgIpc) is 2.47. The molecule has 2 atom stereocenters. The van der Waals surface area contributed by atoms with Crippen LogP contribution < -0.4 is 0 Å². The lowest BCUT2D eigenvalue weighted by molar-refractivity contribution is -0.0460. The Labute approximate surface area is 136 Å². The van der Waals surface area contributed by atoms with Crippen molar-refractivity contribution in [3.05, 3.63) is 70.7 Å². The van der Waals surface area contributed by atoms with Gasteiger partial charge in [-0.1, -0.05) is 54.1 Å². The SMILES string of the molecule is O=S(=O)(C(c1ccccc1)C(O)c1ccc(Cl)cc1)C(F)(F)F. The van der Waals surface area contributed by atoms with E-state index >= 15 is 0 Å². The normalized spacial score (nSPS) is 15.2. The summed E-state index contributed by atoms with van der Waals surface area (Å²) in [5.74, 6) is 0. The number of sulfone groups is 1. The van der Waals surface area contributed by atoms with E-state index in [1.54, 1.807) is 0 Å². The van der Waals surface area contributed by atoms with E-state index in [1.807, 2.05) is 0 Å². The monoisotopic (exact) mass is 364 g/mol. The Morgan fingerprint density at radius 3 is 1.91 bits per heavy atom. The number of halogens is 4. The lowest BCUT2D eigenvalue weighted by Gasteiger charge is -2.25. The van der Waals surface area contributed by atoms with Crippen LogP contribution >= 0.6 is 11.6 Å². The van der Waals surface area contributed by atoms with Gasteiger partial charge in [-0.3, -0.25) is 0 Å². The third kappa shape index (κ3) is 3.68. The molecule has 0 spiro atoms. The number of aliphatic hydroxyl groups excluding tert-OH is 1. The minimum atomic E-state index is -5.63. The van der Waals surface area contributed by atoms with E-state index in [1.165, 1.54) is 54.6 Å². The molecule has 0 aliphatic heterocycles. The molecule has 2 aromatic carbocycles. The zero-order chi connectivity index (χ0) is 17.3. The van der Waals surface area contributed by atoms with Crippen LogP contribution in [-0.2, 0) is 9.84 Å². The van der Waals surface area contributed by atoms with Crippen LogP contribution in [0.15, 0.2) is 54.6 Å². The quantitative estimate of drug-likeness (QED) is 0.890. The number of hydrogen-bond acceptors (Lipinski definition) is 3. The third-order valence-electron chi connectivity index (χ3n) is 3.28. The molecule has 2 aromatic rings. The molecule has 0 amide bonds. The highest BCUT2D eigenvalue weighted by Crippen LogP contribution is 2.43. The highest BCUT2D eigenvalue weighted by molar-refractivity contribution is 7.92. The molecular formula is C15H12ClF3O3S. The summed E-state index contributed by atoms with van der Waals surface area (Å²) in [6.07, 6.45) is -1.89. The van der Waals surface area contributed by atoms with Crippen molar-refractivity contribution in [3.63, 3.8) is 0 Å². The Morgan fingerprint density at radius 1 is 0.913 bits per heavy atom. The summed E-state index contributed by atoms with van der Waals surface area (Å²) < 4.78 is 62.8. The van der Waals surface area contributed by atoms with Gasteiger partial charge in [-0.05, 0) is 23.3 Å². The van der Waals surface area contributed by atoms with E-state index in [-0.39, 0.29) is 11.1 Å². The van der Waals surface area contributed by atoms with Crippen molar-refractivity contribution in [1.29, 1.82) is 0 Å². The minimum Gasteiger partial charge on any atom is -0.387 e. The summed E-state index contributed by atoms with van der Waals surface area (Å²) in [4.78, 5) is 0. The molecule has 0 aromatic heterocycles. The van der Waals surface area contributed by atoms with Crippen molar-refractivity contribution in [3.8, 4) is 0 Å². The zero-order valence-electron chi connectivity index (χ0n) is 11.5. The van der Waals surface area contributed by atoms with Crippen molar-refractivity contribution in [2.75, 3.05) is 0 Å². The van der Waals surface area contributed by atoms with Crippen molar-refractivity contribution in [2.24, 2.45) is 0 Å². The topological polar surface area (TPSA) is 54.4 Å². The molecule has 0 fully saturated rings. The number of rotatable bonds is 4. The highest BCUT2D eigenvalue weighted by atomic mass is 35.5. The van der Waals surface area contributed by atoms with Gasteiger partial charge in [0.1, 0.15) is 11.4 Å². The van der Waals surface area contributed by atoms with E-state index in [0.29, 0.717) is 5.02 Å². The van der Waals surface area contributed by atoms with Crippen LogP contribution in [0.3, 0.4) is 0 Å². The molecule has 124 valence electrons. The molecule has 2 rings (SSSR count). The first kappa shape index (κ1) is 17.8. The first-order valence-corrected chi connectivity index (χ1v) is 8.35. The minimum absolute atomic E-state index is 0.0241. The van der Waals surface area contributed by atoms with E-state index in [0.717, 1.165) is 0 Å². The van der Waals surface area contributed by atoms with Crippen molar-refractivity contribution < 1.29 is 26.7 Å². The number of benzene rings is 2. The fraction of sp³-hybridized carbons (Fsp3) is 0.200. The van der Waals surface area contributed by atoms with Crippen molar-refractivity contribution >= 4 is 21.4 Å². The summed E-state index contributed by atoms with van der Waals surface area (Å²) in [5.41, 5.74) is -5.61. The maximum atomic E-state index is 13.0. The van der Waals surface area contributed by atoms with Gasteiger partial charge < -0.3 is 5.11 Å². The number of hydrogen-bond donors (Lipinski definition) is 1. The summed E-state index contributed by atoms with van der Waals surface area (Å²) in [6, 6.07) is 12.1. The number of alkyl halides is 3. The predicted molar refractivity (Wildman–Crippen MR) is 80.6 cm³/mol. The molecule has 0 saturated carbocycles. The fourth-order valence-corrected chi connectivity index (χ4v) is 3.58. The Bertz CT molecular complexity index is 759. The van der Waals surface area contributed by atoms with Crippen molar-refractivity contribution in [2.45, 2.75) is 16.9 Å². The van der Waals surface area contributed by atoms with Gasteiger partial charge in [-0.2, -0.15) is 13.2 Å². The molecule has 0 radical (unpaired) electrons. The largest absolute Gasteiger partial charge is 0.498 e. The molecule has 1 N–H and O–H groups in total. The second-order valence-electron chi connectivity index (χ2n) is 4.82. The van der Waals surface area contributed by atoms with E-state index in [4.69, 9.17) is 11.6 Å². The van der Waals surface area contributed by atoms with Gasteiger partial charge in [-0.25, -0.2) is 8.42 Å². The number of aliphatic hydroxyl groups is 1. The Balaban J connectivity index is 2.57. The molecule has 0 bridgehead atoms. The van der Waals surface area contributed by atoms with Crippen LogP contribution in [0.5, 0.6) is 0 Å². The maximum absolute atomic E-state index is 13.0. The average molecular weight is 365 g/mol. The molecule has 23 heavy (non-hydrogen) atoms. The molecule has 0 aliphatic rings. The van der Waals surface area contributed by atoms with Gasteiger partial charge in [0, 0.05) is 5.02 Å². The van der Waals surface area contributed by atoms with Crippen LogP contribution in [0.4, 0.5) is 13.2 Å². The fourth-order valence-electron chi connectivity index (χ4n) is 2.15. The lowest BCUT2D eigenvalue weighted by atomic mass is 10.0. The van der Waals surface area contributed by atoms with E-state index in [2.05, 4.69) is 0 Å². The second kappa shape index (κ2) is 6.51. The van der Waals surface area contributed by atoms with E-state index < -0.39 is 26.7 Å². The Hall–Kier alpha value is -1.57. The molecule has 2 unspecified atom stereocenters. The van der Waals surface area contributed by atoms with Gasteiger partial charge in [0.25, 0.3) is 9.84 Å². The lowest BCUT2D eigenvalue weighted by Crippen LogP contribution is -2.32. The van der Waals surface area contributed by atoms with Crippen molar-refractivity contribution in [1.82, 2.24) is 0 Å².